The molecule has 3 aromatic rings. The molecule has 0 saturated heterocycles. The lowest BCUT2D eigenvalue weighted by atomic mass is 10.0. The molecule has 1 amide bonds. The maximum Gasteiger partial charge on any atom is 0.262 e. The van der Waals surface area contributed by atoms with E-state index < -0.39 is 0 Å². The molecular formula is C25H18Br2Cl2N2O3. The van der Waals surface area contributed by atoms with Crippen LogP contribution in [0.4, 0.5) is 5.69 Å². The number of anilines is 1. The van der Waals surface area contributed by atoms with Crippen molar-refractivity contribution in [1.82, 2.24) is 0 Å². The van der Waals surface area contributed by atoms with Gasteiger partial charge in [-0.15, -0.1) is 0 Å². The lowest BCUT2D eigenvalue weighted by Crippen LogP contribution is -2.20. The molecule has 3 rings (SSSR count). The first kappa shape index (κ1) is 26.1. The summed E-state index contributed by atoms with van der Waals surface area (Å²) in [6.07, 6.45) is 1.76. The highest BCUT2D eigenvalue weighted by molar-refractivity contribution is 9.10. The number of nitrogens with one attached hydrogen (secondary N) is 1. The van der Waals surface area contributed by atoms with E-state index in [0.717, 1.165) is 15.6 Å². The number of carbonyl (C=O) groups is 1. The monoisotopic (exact) mass is 622 g/mol. The zero-order valence-electron chi connectivity index (χ0n) is 17.9. The summed E-state index contributed by atoms with van der Waals surface area (Å²) in [5.74, 6) is 0.447. The molecule has 0 aliphatic heterocycles. The third kappa shape index (κ3) is 7.00. The van der Waals surface area contributed by atoms with Crippen molar-refractivity contribution in [3.8, 4) is 17.6 Å². The molecular weight excluding hydrogens is 607 g/mol. The first-order valence-corrected chi connectivity index (χ1v) is 12.4. The van der Waals surface area contributed by atoms with Crippen molar-refractivity contribution in [2.24, 2.45) is 0 Å². The van der Waals surface area contributed by atoms with Crippen LogP contribution in [0.3, 0.4) is 0 Å². The normalized spacial score (nSPS) is 11.0. The molecule has 0 aromatic heterocycles. The number of allylic oxidation sites excluding steroid dienone is 1. The van der Waals surface area contributed by atoms with Crippen molar-refractivity contribution >= 4 is 78.3 Å². The highest BCUT2D eigenvalue weighted by Crippen LogP contribution is 2.38. The Morgan fingerprint density at radius 1 is 1.06 bits per heavy atom. The topological polar surface area (TPSA) is 71.3 Å². The molecule has 174 valence electrons. The Bertz CT molecular complexity index is 1270. The Hall–Kier alpha value is -2.50. The van der Waals surface area contributed by atoms with E-state index >= 15 is 0 Å². The molecule has 3 aromatic carbocycles. The quantitative estimate of drug-likeness (QED) is 0.204. The molecule has 0 aliphatic rings. The van der Waals surface area contributed by atoms with Crippen LogP contribution in [0.2, 0.25) is 10.0 Å². The maximum absolute atomic E-state index is 12.4. The number of rotatable bonds is 8. The molecule has 0 saturated carbocycles. The van der Waals surface area contributed by atoms with Crippen molar-refractivity contribution in [3.63, 3.8) is 0 Å². The van der Waals surface area contributed by atoms with E-state index in [1.807, 2.05) is 31.2 Å². The maximum atomic E-state index is 12.4. The molecule has 0 radical (unpaired) electrons. The largest absolute Gasteiger partial charge is 0.490 e. The number of nitrogens with zero attached hydrogens (tertiary/aromatic N) is 1. The fourth-order valence-corrected chi connectivity index (χ4v) is 4.10. The minimum atomic E-state index is -0.376. The van der Waals surface area contributed by atoms with Crippen molar-refractivity contribution in [2.45, 2.75) is 6.92 Å². The molecule has 0 spiro atoms. The number of amides is 1. The molecule has 0 aliphatic carbocycles. The lowest BCUT2D eigenvalue weighted by Gasteiger charge is -2.15. The molecule has 0 atom stereocenters. The second-order valence-corrected chi connectivity index (χ2v) is 9.49. The summed E-state index contributed by atoms with van der Waals surface area (Å²) < 4.78 is 13.0. The summed E-state index contributed by atoms with van der Waals surface area (Å²) in [6.45, 7) is 1.99. The number of hydrogen-bond acceptors (Lipinski definition) is 4. The van der Waals surface area contributed by atoms with E-state index in [4.69, 9.17) is 32.7 Å². The predicted octanol–water partition coefficient (Wildman–Crippen LogP) is 8.00. The Balaban J connectivity index is 1.80. The summed E-state index contributed by atoms with van der Waals surface area (Å²) >= 11 is 18.8. The number of carbonyl (C=O) groups excluding carboxylic acids is 1. The first-order valence-electron chi connectivity index (χ1n) is 10.0. The Kier molecular flexibility index (Phi) is 9.43. The zero-order valence-corrected chi connectivity index (χ0v) is 22.6. The third-order valence-electron chi connectivity index (χ3n) is 4.47. The van der Waals surface area contributed by atoms with Gasteiger partial charge < -0.3 is 14.8 Å². The van der Waals surface area contributed by atoms with Gasteiger partial charge in [0, 0.05) is 10.2 Å². The number of ether oxygens (including phenoxy) is 2. The molecule has 34 heavy (non-hydrogen) atoms. The molecule has 0 heterocycles. The summed E-state index contributed by atoms with van der Waals surface area (Å²) in [7, 11) is 0. The molecule has 0 fully saturated rings. The van der Waals surface area contributed by atoms with Gasteiger partial charge in [-0.25, -0.2) is 0 Å². The van der Waals surface area contributed by atoms with Gasteiger partial charge in [0.1, 0.15) is 0 Å². The smallest absolute Gasteiger partial charge is 0.262 e. The van der Waals surface area contributed by atoms with Gasteiger partial charge in [-0.05, 0) is 82.5 Å². The van der Waals surface area contributed by atoms with Gasteiger partial charge in [0.2, 0.25) is 0 Å². The van der Waals surface area contributed by atoms with E-state index in [1.54, 1.807) is 36.4 Å². The number of benzene rings is 3. The van der Waals surface area contributed by atoms with Crippen LogP contribution in [0, 0.1) is 11.3 Å². The standard InChI is InChI=1S/C25H18Br2Cl2N2O3/c1-2-33-23-11-15(9-17(13-30)16-3-5-18(26)6-4-16)10-20(27)25(23)34-14-24(32)31-19-7-8-21(28)22(29)12-19/h3-12H,2,14H2,1H3,(H,31,32)/b17-9+. The Morgan fingerprint density at radius 2 is 1.79 bits per heavy atom. The van der Waals surface area contributed by atoms with Gasteiger partial charge in [0.15, 0.2) is 18.1 Å². The van der Waals surface area contributed by atoms with Gasteiger partial charge in [0.05, 0.1) is 32.8 Å². The van der Waals surface area contributed by atoms with Crippen molar-refractivity contribution in [2.75, 3.05) is 18.5 Å². The van der Waals surface area contributed by atoms with Gasteiger partial charge in [0.25, 0.3) is 5.91 Å². The number of hydrogen-bond donors (Lipinski definition) is 1. The van der Waals surface area contributed by atoms with Gasteiger partial charge in [-0.3, -0.25) is 4.79 Å². The van der Waals surface area contributed by atoms with Crippen LogP contribution in [0.25, 0.3) is 11.6 Å². The van der Waals surface area contributed by atoms with Crippen LogP contribution in [-0.4, -0.2) is 19.1 Å². The Labute approximate surface area is 224 Å². The van der Waals surface area contributed by atoms with Crippen molar-refractivity contribution in [1.29, 1.82) is 5.26 Å². The van der Waals surface area contributed by atoms with E-state index in [2.05, 4.69) is 43.2 Å². The fraction of sp³-hybridized carbons (Fsp3) is 0.120. The van der Waals surface area contributed by atoms with Crippen molar-refractivity contribution < 1.29 is 14.3 Å². The average molecular weight is 625 g/mol. The lowest BCUT2D eigenvalue weighted by molar-refractivity contribution is -0.118. The SMILES string of the molecule is CCOc1cc(/C=C(\C#N)c2ccc(Br)cc2)cc(Br)c1OCC(=O)Nc1ccc(Cl)c(Cl)c1. The van der Waals surface area contributed by atoms with E-state index in [-0.39, 0.29) is 12.5 Å². The number of halogens is 4. The minimum Gasteiger partial charge on any atom is -0.490 e. The molecule has 1 N–H and O–H groups in total. The number of nitriles is 1. The zero-order chi connectivity index (χ0) is 24.7. The van der Waals surface area contributed by atoms with E-state index in [1.165, 1.54) is 0 Å². The van der Waals surface area contributed by atoms with Crippen LogP contribution in [0.5, 0.6) is 11.5 Å². The predicted molar refractivity (Wildman–Crippen MR) is 144 cm³/mol. The second kappa shape index (κ2) is 12.3. The fourth-order valence-electron chi connectivity index (χ4n) is 2.96. The highest BCUT2D eigenvalue weighted by atomic mass is 79.9. The Morgan fingerprint density at radius 3 is 2.44 bits per heavy atom. The summed E-state index contributed by atoms with van der Waals surface area (Å²) in [5.41, 5.74) is 2.53. The highest BCUT2D eigenvalue weighted by Gasteiger charge is 2.15. The van der Waals surface area contributed by atoms with Gasteiger partial charge >= 0.3 is 0 Å². The van der Waals surface area contributed by atoms with Crippen LogP contribution in [-0.2, 0) is 4.79 Å². The molecule has 0 bridgehead atoms. The summed E-state index contributed by atoms with van der Waals surface area (Å²) in [6, 6.07) is 18.1. The third-order valence-corrected chi connectivity index (χ3v) is 6.33. The summed E-state index contributed by atoms with van der Waals surface area (Å²) in [5, 5.41) is 13.1. The molecule has 9 heteroatoms. The van der Waals surface area contributed by atoms with Crippen molar-refractivity contribution in [3.05, 3.63) is 84.7 Å². The van der Waals surface area contributed by atoms with E-state index in [0.29, 0.717) is 43.9 Å². The van der Waals surface area contributed by atoms with Crippen LogP contribution < -0.4 is 14.8 Å². The molecule has 0 unspecified atom stereocenters. The average Bonchev–Trinajstić information content (AvgIpc) is 2.80. The van der Waals surface area contributed by atoms with Crippen LogP contribution >= 0.6 is 55.1 Å². The van der Waals surface area contributed by atoms with Gasteiger partial charge in [-0.2, -0.15) is 5.26 Å². The molecule has 5 nitrogen and oxygen atoms in total. The van der Waals surface area contributed by atoms with Crippen LogP contribution in [0.1, 0.15) is 18.1 Å². The van der Waals surface area contributed by atoms with Crippen LogP contribution in [0.15, 0.2) is 63.5 Å². The second-order valence-electron chi connectivity index (χ2n) is 6.91. The summed E-state index contributed by atoms with van der Waals surface area (Å²) in [4.78, 5) is 12.4. The van der Waals surface area contributed by atoms with E-state index in [9.17, 15) is 10.1 Å². The minimum absolute atomic E-state index is 0.254. The first-order chi connectivity index (χ1) is 16.3. The van der Waals surface area contributed by atoms with Gasteiger partial charge in [-0.1, -0.05) is 51.3 Å².